The Hall–Kier alpha value is -1.75. The van der Waals surface area contributed by atoms with Crippen molar-refractivity contribution in [3.8, 4) is 11.5 Å². The van der Waals surface area contributed by atoms with Crippen LogP contribution in [-0.2, 0) is 4.79 Å². The first kappa shape index (κ1) is 27.3. The number of halogens is 1. The summed E-state index contributed by atoms with van der Waals surface area (Å²) in [7, 11) is 5.11. The van der Waals surface area contributed by atoms with Crippen molar-refractivity contribution in [2.75, 3.05) is 53.9 Å². The van der Waals surface area contributed by atoms with Crippen LogP contribution in [0.5, 0.6) is 11.5 Å². The van der Waals surface area contributed by atoms with Gasteiger partial charge in [0.1, 0.15) is 24.1 Å². The number of likely N-dealkylation sites (tertiary alicyclic amines) is 1. The van der Waals surface area contributed by atoms with Crippen LogP contribution in [0.2, 0.25) is 0 Å². The highest BCUT2D eigenvalue weighted by molar-refractivity contribution is 14.0. The highest BCUT2D eigenvalue weighted by atomic mass is 127. The number of aliphatic imine (C=N–C) groups is 1. The lowest BCUT2D eigenvalue weighted by Crippen LogP contribution is -2.47. The van der Waals surface area contributed by atoms with Crippen LogP contribution in [0.25, 0.3) is 0 Å². The van der Waals surface area contributed by atoms with Gasteiger partial charge < -0.3 is 25.0 Å². The second-order valence-electron chi connectivity index (χ2n) is 7.75. The molecule has 2 atom stereocenters. The fraction of sp³-hybridized carbons (Fsp3) is 0.636. The van der Waals surface area contributed by atoms with Crippen molar-refractivity contribution in [2.24, 2.45) is 4.99 Å². The lowest BCUT2D eigenvalue weighted by Gasteiger charge is -2.24. The number of nitrogens with one attached hydrogen (secondary N) is 2. The zero-order valence-corrected chi connectivity index (χ0v) is 21.7. The maximum Gasteiger partial charge on any atom is 0.243 e. The standard InChI is InChI=1S/C22H37N5O3.HI/c1-6-27-12-8-9-18(27)15-24-22(25-16-21(28)26(3)4)23-14-17(2)30-20-11-7-10-19(13-20)29-5;/h7,10-11,13,17-18H,6,8-9,12,14-16H2,1-5H3,(H2,23,24,25);1H. The maximum absolute atomic E-state index is 12.0. The molecule has 0 aromatic heterocycles. The summed E-state index contributed by atoms with van der Waals surface area (Å²) >= 11 is 0. The van der Waals surface area contributed by atoms with Crippen LogP contribution >= 0.6 is 24.0 Å². The van der Waals surface area contributed by atoms with Crippen LogP contribution in [0.3, 0.4) is 0 Å². The molecule has 8 nitrogen and oxygen atoms in total. The number of ether oxygens (including phenoxy) is 2. The SMILES string of the molecule is CCN1CCCC1CNC(=NCC(=O)N(C)C)NCC(C)Oc1cccc(OC)c1.I. The summed E-state index contributed by atoms with van der Waals surface area (Å²) < 4.78 is 11.2. The molecular formula is C22H38IN5O3. The number of guanidine groups is 1. The van der Waals surface area contributed by atoms with Gasteiger partial charge in [0.25, 0.3) is 0 Å². The molecule has 0 saturated carbocycles. The monoisotopic (exact) mass is 547 g/mol. The van der Waals surface area contributed by atoms with Crippen molar-refractivity contribution < 1.29 is 14.3 Å². The van der Waals surface area contributed by atoms with E-state index in [-0.39, 0.29) is 42.5 Å². The summed E-state index contributed by atoms with van der Waals surface area (Å²) in [6, 6.07) is 8.04. The molecule has 1 aliphatic rings. The van der Waals surface area contributed by atoms with E-state index >= 15 is 0 Å². The van der Waals surface area contributed by atoms with Crippen molar-refractivity contribution in [3.05, 3.63) is 24.3 Å². The van der Waals surface area contributed by atoms with E-state index in [1.54, 1.807) is 26.1 Å². The molecule has 0 aliphatic carbocycles. The van der Waals surface area contributed by atoms with Gasteiger partial charge in [0, 0.05) is 32.7 Å². The number of amides is 1. The molecular weight excluding hydrogens is 509 g/mol. The maximum atomic E-state index is 12.0. The van der Waals surface area contributed by atoms with Crippen molar-refractivity contribution >= 4 is 35.8 Å². The van der Waals surface area contributed by atoms with Crippen molar-refractivity contribution in [1.29, 1.82) is 0 Å². The molecule has 9 heteroatoms. The molecule has 2 rings (SSSR count). The van der Waals surface area contributed by atoms with E-state index in [1.807, 2.05) is 31.2 Å². The topological polar surface area (TPSA) is 78.4 Å². The Kier molecular flexibility index (Phi) is 12.6. The van der Waals surface area contributed by atoms with Gasteiger partial charge in [-0.2, -0.15) is 0 Å². The average molecular weight is 547 g/mol. The van der Waals surface area contributed by atoms with E-state index in [0.717, 1.165) is 31.1 Å². The van der Waals surface area contributed by atoms with Gasteiger partial charge in [-0.05, 0) is 45.0 Å². The smallest absolute Gasteiger partial charge is 0.243 e. The van der Waals surface area contributed by atoms with Crippen LogP contribution in [0, 0.1) is 0 Å². The normalized spacial score (nSPS) is 17.5. The predicted molar refractivity (Wildman–Crippen MR) is 136 cm³/mol. The van der Waals surface area contributed by atoms with Gasteiger partial charge in [-0.3, -0.25) is 9.69 Å². The van der Waals surface area contributed by atoms with E-state index < -0.39 is 0 Å². The van der Waals surface area contributed by atoms with Gasteiger partial charge in [0.15, 0.2) is 5.96 Å². The number of benzene rings is 1. The van der Waals surface area contributed by atoms with E-state index in [9.17, 15) is 4.79 Å². The average Bonchev–Trinajstić information content (AvgIpc) is 3.20. The third-order valence-corrected chi connectivity index (χ3v) is 5.22. The molecule has 1 aromatic rings. The summed E-state index contributed by atoms with van der Waals surface area (Å²) in [6.07, 6.45) is 2.32. The quantitative estimate of drug-likeness (QED) is 0.266. The number of carbonyl (C=O) groups excluding carboxylic acids is 1. The lowest BCUT2D eigenvalue weighted by atomic mass is 10.2. The molecule has 0 spiro atoms. The van der Waals surface area contributed by atoms with Gasteiger partial charge in [-0.15, -0.1) is 24.0 Å². The Morgan fingerprint density at radius 1 is 1.32 bits per heavy atom. The summed E-state index contributed by atoms with van der Waals surface area (Å²) in [5, 5.41) is 6.72. The number of hydrogen-bond donors (Lipinski definition) is 2. The third-order valence-electron chi connectivity index (χ3n) is 5.22. The molecule has 1 aliphatic heterocycles. The van der Waals surface area contributed by atoms with Crippen LogP contribution < -0.4 is 20.1 Å². The molecule has 31 heavy (non-hydrogen) atoms. The van der Waals surface area contributed by atoms with Gasteiger partial charge in [0.05, 0.1) is 13.7 Å². The second-order valence-corrected chi connectivity index (χ2v) is 7.75. The van der Waals surface area contributed by atoms with Crippen molar-refractivity contribution in [1.82, 2.24) is 20.4 Å². The van der Waals surface area contributed by atoms with Gasteiger partial charge in [0.2, 0.25) is 5.91 Å². The number of methoxy groups -OCH3 is 1. The minimum atomic E-state index is -0.0905. The van der Waals surface area contributed by atoms with Gasteiger partial charge in [-0.25, -0.2) is 4.99 Å². The first-order valence-electron chi connectivity index (χ1n) is 10.7. The largest absolute Gasteiger partial charge is 0.497 e. The zero-order valence-electron chi connectivity index (χ0n) is 19.4. The second kappa shape index (κ2) is 14.3. The van der Waals surface area contributed by atoms with Crippen LogP contribution in [0.4, 0.5) is 0 Å². The zero-order chi connectivity index (χ0) is 21.9. The highest BCUT2D eigenvalue weighted by Gasteiger charge is 2.23. The Balaban J connectivity index is 0.00000480. The molecule has 1 heterocycles. The van der Waals surface area contributed by atoms with Crippen LogP contribution in [-0.4, -0.2) is 87.7 Å². The minimum Gasteiger partial charge on any atom is -0.497 e. The molecule has 1 fully saturated rings. The molecule has 2 N–H and O–H groups in total. The molecule has 1 aromatic carbocycles. The predicted octanol–water partition coefficient (Wildman–Crippen LogP) is 2.19. The van der Waals surface area contributed by atoms with Gasteiger partial charge >= 0.3 is 0 Å². The van der Waals surface area contributed by atoms with E-state index in [4.69, 9.17) is 9.47 Å². The lowest BCUT2D eigenvalue weighted by molar-refractivity contribution is -0.127. The Labute approximate surface area is 203 Å². The Morgan fingerprint density at radius 2 is 2.06 bits per heavy atom. The molecule has 0 bridgehead atoms. The van der Waals surface area contributed by atoms with Crippen molar-refractivity contribution in [2.45, 2.75) is 38.8 Å². The molecule has 0 radical (unpaired) electrons. The summed E-state index contributed by atoms with van der Waals surface area (Å²) in [5.74, 6) is 2.11. The number of hydrogen-bond acceptors (Lipinski definition) is 5. The number of nitrogens with zero attached hydrogens (tertiary/aromatic N) is 3. The van der Waals surface area contributed by atoms with Gasteiger partial charge in [-0.1, -0.05) is 13.0 Å². The summed E-state index contributed by atoms with van der Waals surface area (Å²) in [6.45, 7) is 7.85. The first-order chi connectivity index (χ1) is 14.4. The third kappa shape index (κ3) is 9.51. The van der Waals surface area contributed by atoms with E-state index in [1.165, 1.54) is 12.8 Å². The first-order valence-corrected chi connectivity index (χ1v) is 10.7. The molecule has 1 amide bonds. The number of carbonyl (C=O) groups is 1. The van der Waals surface area contributed by atoms with E-state index in [2.05, 4.69) is 27.4 Å². The molecule has 176 valence electrons. The molecule has 2 unspecified atom stereocenters. The fourth-order valence-electron chi connectivity index (χ4n) is 3.41. The van der Waals surface area contributed by atoms with Crippen LogP contribution in [0.15, 0.2) is 29.3 Å². The van der Waals surface area contributed by atoms with Crippen molar-refractivity contribution in [3.63, 3.8) is 0 Å². The number of likely N-dealkylation sites (N-methyl/N-ethyl adjacent to an activating group) is 2. The minimum absolute atomic E-state index is 0. The fourth-order valence-corrected chi connectivity index (χ4v) is 3.41. The molecule has 1 saturated heterocycles. The Bertz CT molecular complexity index is 701. The Morgan fingerprint density at radius 3 is 2.74 bits per heavy atom. The number of rotatable bonds is 10. The summed E-state index contributed by atoms with van der Waals surface area (Å²) in [5.41, 5.74) is 0. The highest BCUT2D eigenvalue weighted by Crippen LogP contribution is 2.19. The van der Waals surface area contributed by atoms with E-state index in [0.29, 0.717) is 18.5 Å². The summed E-state index contributed by atoms with van der Waals surface area (Å²) in [4.78, 5) is 20.5. The van der Waals surface area contributed by atoms with Crippen LogP contribution in [0.1, 0.15) is 26.7 Å².